The van der Waals surface area contributed by atoms with E-state index in [1.807, 2.05) is 0 Å². The van der Waals surface area contributed by atoms with Gasteiger partial charge in [0.15, 0.2) is 0 Å². The highest BCUT2D eigenvalue weighted by Gasteiger charge is 2.20. The fourth-order valence-corrected chi connectivity index (χ4v) is 2.38. The second-order valence-electron chi connectivity index (χ2n) is 4.73. The summed E-state index contributed by atoms with van der Waals surface area (Å²) in [5.74, 6) is -0.196. The highest BCUT2D eigenvalue weighted by Crippen LogP contribution is 2.15. The monoisotopic (exact) mass is 291 g/mol. The third-order valence-corrected chi connectivity index (χ3v) is 3.44. The smallest absolute Gasteiger partial charge is 0.244 e. The molecule has 0 aromatic heterocycles. The number of para-hydroxylation sites is 1. The van der Waals surface area contributed by atoms with Crippen LogP contribution in [0.3, 0.4) is 0 Å². The van der Waals surface area contributed by atoms with Crippen LogP contribution in [0.5, 0.6) is 0 Å². The lowest BCUT2D eigenvalue weighted by Crippen LogP contribution is -2.40. The number of benzene rings is 1. The summed E-state index contributed by atoms with van der Waals surface area (Å²) in [5, 5.41) is 2.76. The van der Waals surface area contributed by atoms with Gasteiger partial charge in [-0.15, -0.1) is 0 Å². The fraction of sp³-hybridized carbons (Fsp3) is 0.357. The minimum Gasteiger partial charge on any atom is -0.389 e. The van der Waals surface area contributed by atoms with Gasteiger partial charge in [0.2, 0.25) is 11.8 Å². The minimum atomic E-state index is -0.232. The van der Waals surface area contributed by atoms with Gasteiger partial charge in [-0.05, 0) is 25.0 Å². The average Bonchev–Trinajstić information content (AvgIpc) is 2.41. The number of likely N-dealkylation sites (tertiary alicyclic amines) is 1. The molecule has 2 amide bonds. The van der Waals surface area contributed by atoms with Gasteiger partial charge < -0.3 is 16.0 Å². The maximum atomic E-state index is 12.0. The SMILES string of the molecule is NC(=S)c1ccccc1NC(=O)CN1CCCCC1=O. The predicted molar refractivity (Wildman–Crippen MR) is 81.4 cm³/mol. The third-order valence-electron chi connectivity index (χ3n) is 3.22. The van der Waals surface area contributed by atoms with Crippen LogP contribution in [0, 0.1) is 0 Å². The van der Waals surface area contributed by atoms with Gasteiger partial charge in [0.1, 0.15) is 4.99 Å². The van der Waals surface area contributed by atoms with Gasteiger partial charge in [0.05, 0.1) is 12.2 Å². The Labute approximate surface area is 123 Å². The Kier molecular flexibility index (Phi) is 4.68. The lowest BCUT2D eigenvalue weighted by atomic mass is 10.1. The topological polar surface area (TPSA) is 75.4 Å². The fourth-order valence-electron chi connectivity index (χ4n) is 2.20. The summed E-state index contributed by atoms with van der Waals surface area (Å²) in [6, 6.07) is 7.09. The second-order valence-corrected chi connectivity index (χ2v) is 5.17. The zero-order valence-electron chi connectivity index (χ0n) is 11.1. The van der Waals surface area contributed by atoms with Crippen LogP contribution >= 0.6 is 12.2 Å². The number of nitrogens with zero attached hydrogens (tertiary/aromatic N) is 1. The van der Waals surface area contributed by atoms with Crippen LogP contribution in [0.25, 0.3) is 0 Å². The molecule has 1 fully saturated rings. The number of rotatable bonds is 4. The molecule has 106 valence electrons. The van der Waals surface area contributed by atoms with Gasteiger partial charge in [-0.2, -0.15) is 0 Å². The van der Waals surface area contributed by atoms with Crippen LogP contribution in [0.15, 0.2) is 24.3 Å². The highest BCUT2D eigenvalue weighted by atomic mass is 32.1. The summed E-state index contributed by atoms with van der Waals surface area (Å²) in [7, 11) is 0. The van der Waals surface area contributed by atoms with Crippen molar-refractivity contribution in [2.24, 2.45) is 5.73 Å². The standard InChI is InChI=1S/C14H17N3O2S/c15-14(20)10-5-1-2-6-11(10)16-12(18)9-17-8-4-3-7-13(17)19/h1-2,5-6H,3-4,7-9H2,(H2,15,20)(H,16,18). The van der Waals surface area contributed by atoms with Gasteiger partial charge in [0, 0.05) is 18.5 Å². The van der Waals surface area contributed by atoms with Crippen molar-refractivity contribution in [2.75, 3.05) is 18.4 Å². The average molecular weight is 291 g/mol. The van der Waals surface area contributed by atoms with Crippen LogP contribution in [0.1, 0.15) is 24.8 Å². The Bertz CT molecular complexity index is 545. The summed E-state index contributed by atoms with van der Waals surface area (Å²) >= 11 is 4.94. The number of piperidine rings is 1. The number of hydrogen-bond acceptors (Lipinski definition) is 3. The molecular weight excluding hydrogens is 274 g/mol. The van der Waals surface area contributed by atoms with Gasteiger partial charge >= 0.3 is 0 Å². The lowest BCUT2D eigenvalue weighted by molar-refractivity contribution is -0.136. The molecule has 0 aliphatic carbocycles. The van der Waals surface area contributed by atoms with Gasteiger partial charge in [0.25, 0.3) is 0 Å². The maximum absolute atomic E-state index is 12.0. The molecule has 2 rings (SSSR count). The Morgan fingerprint density at radius 1 is 1.35 bits per heavy atom. The Morgan fingerprint density at radius 3 is 2.80 bits per heavy atom. The number of amides is 2. The van der Waals surface area contributed by atoms with E-state index in [9.17, 15) is 9.59 Å². The largest absolute Gasteiger partial charge is 0.389 e. The molecule has 1 aliphatic rings. The van der Waals surface area contributed by atoms with Crippen molar-refractivity contribution in [2.45, 2.75) is 19.3 Å². The third kappa shape index (κ3) is 3.54. The van der Waals surface area contributed by atoms with Crippen molar-refractivity contribution in [3.8, 4) is 0 Å². The summed E-state index contributed by atoms with van der Waals surface area (Å²) in [5.41, 5.74) is 6.82. The summed E-state index contributed by atoms with van der Waals surface area (Å²) in [6.45, 7) is 0.716. The first-order chi connectivity index (χ1) is 9.58. The maximum Gasteiger partial charge on any atom is 0.244 e. The summed E-state index contributed by atoms with van der Waals surface area (Å²) in [6.07, 6.45) is 2.38. The number of anilines is 1. The van der Waals surface area contributed by atoms with Crippen molar-refractivity contribution in [1.29, 1.82) is 0 Å². The van der Waals surface area contributed by atoms with Gasteiger partial charge in [-0.1, -0.05) is 24.4 Å². The van der Waals surface area contributed by atoms with Crippen LogP contribution in [0.2, 0.25) is 0 Å². The molecule has 1 heterocycles. The van der Waals surface area contributed by atoms with E-state index in [1.54, 1.807) is 29.2 Å². The normalized spacial score (nSPS) is 15.0. The van der Waals surface area contributed by atoms with Crippen LogP contribution in [-0.2, 0) is 9.59 Å². The Morgan fingerprint density at radius 2 is 2.10 bits per heavy atom. The van der Waals surface area contributed by atoms with Crippen LogP contribution in [0.4, 0.5) is 5.69 Å². The number of nitrogens with one attached hydrogen (secondary N) is 1. The van der Waals surface area contributed by atoms with Gasteiger partial charge in [-0.25, -0.2) is 0 Å². The molecule has 0 atom stereocenters. The van der Waals surface area contributed by atoms with Crippen molar-refractivity contribution in [3.05, 3.63) is 29.8 Å². The van der Waals surface area contributed by atoms with Crippen molar-refractivity contribution in [3.63, 3.8) is 0 Å². The number of carbonyl (C=O) groups is 2. The van der Waals surface area contributed by atoms with E-state index in [1.165, 1.54) is 0 Å². The quantitative estimate of drug-likeness (QED) is 0.819. The minimum absolute atomic E-state index is 0.0361. The first-order valence-corrected chi connectivity index (χ1v) is 6.95. The van der Waals surface area contributed by atoms with E-state index in [0.717, 1.165) is 12.8 Å². The first kappa shape index (κ1) is 14.5. The highest BCUT2D eigenvalue weighted by molar-refractivity contribution is 7.80. The molecule has 20 heavy (non-hydrogen) atoms. The molecule has 1 aromatic carbocycles. The van der Waals surface area contributed by atoms with Crippen molar-refractivity contribution in [1.82, 2.24) is 4.90 Å². The van der Waals surface area contributed by atoms with E-state index in [4.69, 9.17) is 18.0 Å². The Hall–Kier alpha value is -1.95. The summed E-state index contributed by atoms with van der Waals surface area (Å²) < 4.78 is 0. The molecule has 1 aromatic rings. The zero-order chi connectivity index (χ0) is 14.5. The zero-order valence-corrected chi connectivity index (χ0v) is 11.9. The number of nitrogens with two attached hydrogens (primary N) is 1. The van der Waals surface area contributed by atoms with E-state index in [-0.39, 0.29) is 23.3 Å². The number of hydrogen-bond donors (Lipinski definition) is 2. The molecule has 0 radical (unpaired) electrons. The van der Waals surface area contributed by atoms with E-state index >= 15 is 0 Å². The molecule has 1 saturated heterocycles. The van der Waals surface area contributed by atoms with Crippen molar-refractivity contribution < 1.29 is 9.59 Å². The molecule has 3 N–H and O–H groups in total. The molecule has 6 heteroatoms. The van der Waals surface area contributed by atoms with Crippen LogP contribution < -0.4 is 11.1 Å². The van der Waals surface area contributed by atoms with E-state index in [2.05, 4.69) is 5.32 Å². The second kappa shape index (κ2) is 6.47. The number of thiocarbonyl (C=S) groups is 1. The molecule has 1 aliphatic heterocycles. The number of carbonyl (C=O) groups excluding carboxylic acids is 2. The Balaban J connectivity index is 2.01. The molecule has 0 unspecified atom stereocenters. The molecule has 0 spiro atoms. The predicted octanol–water partition coefficient (Wildman–Crippen LogP) is 1.27. The van der Waals surface area contributed by atoms with Crippen LogP contribution in [-0.4, -0.2) is 34.8 Å². The molecular formula is C14H17N3O2S. The molecule has 0 saturated carbocycles. The lowest BCUT2D eigenvalue weighted by Gasteiger charge is -2.26. The summed E-state index contributed by atoms with van der Waals surface area (Å²) in [4.78, 5) is 25.5. The first-order valence-electron chi connectivity index (χ1n) is 6.54. The molecule has 5 nitrogen and oxygen atoms in total. The van der Waals surface area contributed by atoms with E-state index < -0.39 is 0 Å². The van der Waals surface area contributed by atoms with Crippen molar-refractivity contribution >= 4 is 34.7 Å². The van der Waals surface area contributed by atoms with E-state index in [0.29, 0.717) is 24.2 Å². The van der Waals surface area contributed by atoms with Gasteiger partial charge in [-0.3, -0.25) is 9.59 Å². The molecule has 0 bridgehead atoms.